The molecule has 3 nitrogen and oxygen atoms in total. The maximum atomic E-state index is 14.2. The summed E-state index contributed by atoms with van der Waals surface area (Å²) in [5.41, 5.74) is -29.1. The van der Waals surface area contributed by atoms with Gasteiger partial charge in [-0.25, -0.2) is 4.57 Å². The summed E-state index contributed by atoms with van der Waals surface area (Å²) in [6.45, 7) is 4.58. The van der Waals surface area contributed by atoms with Crippen LogP contribution in [-0.2, 0) is 56.0 Å². The third kappa shape index (κ3) is 13.8. The van der Waals surface area contributed by atoms with Gasteiger partial charge in [-0.1, -0.05) is 68.4 Å². The lowest BCUT2D eigenvalue weighted by Gasteiger charge is -2.46. The van der Waals surface area contributed by atoms with Crippen LogP contribution < -0.4 is 26.4 Å². The van der Waals surface area contributed by atoms with Gasteiger partial charge in [0.25, 0.3) is 0 Å². The van der Waals surface area contributed by atoms with Crippen molar-refractivity contribution in [3.63, 3.8) is 0 Å². The fourth-order valence-corrected chi connectivity index (χ4v) is 7.53. The van der Waals surface area contributed by atoms with E-state index in [1.807, 2.05) is 61.1 Å². The van der Waals surface area contributed by atoms with Crippen LogP contribution in [0.3, 0.4) is 0 Å². The topological polar surface area (TPSA) is 51.5 Å². The highest BCUT2D eigenvalue weighted by Crippen LogP contribution is 2.41. The minimum absolute atomic E-state index is 0.196. The number of nitriles is 2. The Morgan fingerprint density at radius 3 is 0.753 bits per heavy atom. The number of alkyl halides is 24. The number of aromatic nitrogens is 1. The normalized spacial score (nSPS) is 13.2. The van der Waals surface area contributed by atoms with Crippen molar-refractivity contribution in [1.82, 2.24) is 0 Å². The zero-order valence-corrected chi connectivity index (χ0v) is 36.1. The lowest BCUT2D eigenvalue weighted by Crippen LogP contribution is -2.75. The van der Waals surface area contributed by atoms with Crippen LogP contribution in [0.15, 0.2) is 115 Å². The van der Waals surface area contributed by atoms with E-state index in [4.69, 9.17) is 10.5 Å². The average molecular weight is 1080 g/mol. The molecule has 0 aliphatic heterocycles. The Kier molecular flexibility index (Phi) is 16.3. The maximum Gasteiger partial charge on any atom is 0.416 e. The van der Waals surface area contributed by atoms with Gasteiger partial charge < -0.3 is 0 Å². The van der Waals surface area contributed by atoms with Gasteiger partial charge in [-0.15, -0.1) is 0 Å². The summed E-state index contributed by atoms with van der Waals surface area (Å²) in [6, 6.07) is 0.896. The van der Waals surface area contributed by atoms with E-state index in [9.17, 15) is 105 Å². The fraction of sp³-hybridized carbons (Fsp3) is 0.267. The van der Waals surface area contributed by atoms with Gasteiger partial charge in [-0.3, -0.25) is 0 Å². The molecule has 1 heterocycles. The van der Waals surface area contributed by atoms with Crippen LogP contribution in [-0.4, -0.2) is 6.15 Å². The zero-order chi connectivity index (χ0) is 55.9. The number of hydrogen-bond donors (Lipinski definition) is 0. The molecule has 0 bridgehead atoms. The Morgan fingerprint density at radius 1 is 0.384 bits per heavy atom. The maximum absolute atomic E-state index is 14.2. The summed E-state index contributed by atoms with van der Waals surface area (Å²) in [6.07, 6.45) is -51.0. The van der Waals surface area contributed by atoms with Gasteiger partial charge in [-0.2, -0.15) is 138 Å². The van der Waals surface area contributed by atoms with E-state index in [1.165, 1.54) is 0 Å². The van der Waals surface area contributed by atoms with Gasteiger partial charge in [0.2, 0.25) is 0 Å². The second kappa shape index (κ2) is 20.2. The van der Waals surface area contributed by atoms with Crippen LogP contribution in [0.4, 0.5) is 105 Å². The van der Waals surface area contributed by atoms with E-state index in [1.54, 1.807) is 0 Å². The third-order valence-electron chi connectivity index (χ3n) is 10.8. The molecule has 0 saturated carbocycles. The van der Waals surface area contributed by atoms with Gasteiger partial charge in [0.05, 0.1) is 44.5 Å². The van der Waals surface area contributed by atoms with E-state index in [-0.39, 0.29) is 11.5 Å². The van der Waals surface area contributed by atoms with Crippen molar-refractivity contribution < 1.29 is 110 Å². The van der Waals surface area contributed by atoms with Crippen molar-refractivity contribution >= 4 is 28.0 Å². The largest absolute Gasteiger partial charge is 0.416 e. The molecule has 0 fully saturated rings. The first-order valence-corrected chi connectivity index (χ1v) is 19.8. The number of allylic oxidation sites excluding steroid dienone is 2. The van der Waals surface area contributed by atoms with E-state index in [0.29, 0.717) is 6.54 Å². The highest BCUT2D eigenvalue weighted by atomic mass is 19.4. The Balaban J connectivity index is 0.000000613. The lowest BCUT2D eigenvalue weighted by molar-refractivity contribution is -0.689. The highest BCUT2D eigenvalue weighted by molar-refractivity contribution is 7.20. The SMILES string of the molecule is CC(C)C(C[n+]1ccccc1)=C(C#N)C#N.FC(F)(F)c1cc([B-](c2cc(C(F)(F)F)cc(C(F)(F)F)c2)(c2cc(C(F)(F)F)cc(C(F)(F)F)c2)c2cc(C(F)(F)F)cc(C(F)(F)F)c2)cc(C(F)(F)F)c1. The molecule has 0 spiro atoms. The summed E-state index contributed by atoms with van der Waals surface area (Å²) in [5.74, 6) is 0.196. The molecule has 0 atom stereocenters. The van der Waals surface area contributed by atoms with Crippen molar-refractivity contribution in [3.05, 3.63) is 159 Å². The molecular weight excluding hydrogens is 1050 g/mol. The Bertz CT molecular complexity index is 2470. The molecule has 392 valence electrons. The molecule has 28 heteroatoms. The highest BCUT2D eigenvalue weighted by Gasteiger charge is 2.47. The minimum atomic E-state index is -6.13. The molecule has 73 heavy (non-hydrogen) atoms. The van der Waals surface area contributed by atoms with Gasteiger partial charge in [-0.05, 0) is 30.2 Å². The number of halogens is 24. The summed E-state index contributed by atoms with van der Waals surface area (Å²) < 4.78 is 343. The Hall–Kier alpha value is -6.87. The summed E-state index contributed by atoms with van der Waals surface area (Å²) >= 11 is 0. The van der Waals surface area contributed by atoms with Crippen LogP contribution in [0.2, 0.25) is 0 Å². The third-order valence-corrected chi connectivity index (χ3v) is 10.8. The molecule has 4 aromatic carbocycles. The van der Waals surface area contributed by atoms with Crippen LogP contribution in [0.25, 0.3) is 0 Å². The number of benzene rings is 4. The summed E-state index contributed by atoms with van der Waals surface area (Å²) in [4.78, 5) is 0. The Morgan fingerprint density at radius 2 is 0.589 bits per heavy atom. The Labute approximate surface area is 395 Å². The predicted octanol–water partition coefficient (Wildman–Crippen LogP) is 13.2. The second-order valence-electron chi connectivity index (χ2n) is 16.0. The van der Waals surface area contributed by atoms with Crippen LogP contribution in [0.1, 0.15) is 58.4 Å². The van der Waals surface area contributed by atoms with Gasteiger partial charge >= 0.3 is 49.4 Å². The van der Waals surface area contributed by atoms with E-state index >= 15 is 0 Å². The molecule has 5 aromatic rings. The number of rotatable bonds is 7. The molecule has 0 aliphatic rings. The molecule has 5 rings (SSSR count). The fourth-order valence-electron chi connectivity index (χ4n) is 7.53. The first kappa shape index (κ1) is 58.7. The van der Waals surface area contributed by atoms with Gasteiger partial charge in [0.1, 0.15) is 23.9 Å². The number of pyridine rings is 1. The molecular formula is C45H26BF24N3. The van der Waals surface area contributed by atoms with Crippen molar-refractivity contribution in [2.24, 2.45) is 5.92 Å². The van der Waals surface area contributed by atoms with Crippen LogP contribution in [0, 0.1) is 28.6 Å². The lowest BCUT2D eigenvalue weighted by atomic mass is 9.12. The zero-order valence-electron chi connectivity index (χ0n) is 36.1. The number of hydrogen-bond acceptors (Lipinski definition) is 2. The molecule has 0 unspecified atom stereocenters. The van der Waals surface area contributed by atoms with Crippen molar-refractivity contribution in [1.29, 1.82) is 10.5 Å². The minimum Gasteiger partial charge on any atom is -0.201 e. The smallest absolute Gasteiger partial charge is 0.201 e. The predicted molar refractivity (Wildman–Crippen MR) is 210 cm³/mol. The standard InChI is InChI=1S/C32H12BF24.C13H14N3/c34-25(35,36)13-1-14(26(37,38)39)6-21(5-13)33(22-7-15(27(40,41)42)2-16(8-22)28(43,44)45,23-9-17(29(46,47)48)3-18(10-23)30(49,50)51)24-11-19(31(52,53)54)4-20(12-24)32(55,56)57;1-11(2)13(12(8-14)9-15)10-16-6-4-3-5-7-16/h1-12H;3-7,11H,10H2,1-2H3/q-1;+1. The average Bonchev–Trinajstić information content (AvgIpc) is 3.24. The van der Waals surface area contributed by atoms with Gasteiger partial charge in [0, 0.05) is 17.7 Å². The van der Waals surface area contributed by atoms with Gasteiger partial charge in [0.15, 0.2) is 18.9 Å². The summed E-state index contributed by atoms with van der Waals surface area (Å²) in [7, 11) is 0. The van der Waals surface area contributed by atoms with Crippen molar-refractivity contribution in [2.75, 3.05) is 0 Å². The van der Waals surface area contributed by atoms with E-state index in [2.05, 4.69) is 0 Å². The van der Waals surface area contributed by atoms with Crippen LogP contribution in [0.5, 0.6) is 0 Å². The first-order chi connectivity index (χ1) is 32.9. The molecule has 0 saturated heterocycles. The van der Waals surface area contributed by atoms with E-state index in [0.717, 1.165) is 5.57 Å². The summed E-state index contributed by atoms with van der Waals surface area (Å²) in [5, 5.41) is 17.8. The van der Waals surface area contributed by atoms with Crippen LogP contribution >= 0.6 is 0 Å². The molecule has 0 radical (unpaired) electrons. The molecule has 0 amide bonds. The first-order valence-electron chi connectivity index (χ1n) is 19.8. The monoisotopic (exact) mass is 1080 g/mol. The number of nitrogens with zero attached hydrogens (tertiary/aromatic N) is 3. The van der Waals surface area contributed by atoms with E-state index < -0.39 is 195 Å². The van der Waals surface area contributed by atoms with Crippen molar-refractivity contribution in [3.8, 4) is 12.1 Å². The molecule has 1 aromatic heterocycles. The quantitative estimate of drug-likeness (QED) is 0.0706. The van der Waals surface area contributed by atoms with Crippen molar-refractivity contribution in [2.45, 2.75) is 69.8 Å². The molecule has 0 aliphatic carbocycles. The second-order valence-corrected chi connectivity index (χ2v) is 16.0. The molecule has 0 N–H and O–H groups in total.